The van der Waals surface area contributed by atoms with E-state index in [1.807, 2.05) is 51.1 Å². The van der Waals surface area contributed by atoms with Gasteiger partial charge in [0.05, 0.1) is 10.2 Å². The first-order chi connectivity index (χ1) is 17.3. The van der Waals surface area contributed by atoms with Crippen LogP contribution >= 0.6 is 11.3 Å². The van der Waals surface area contributed by atoms with Gasteiger partial charge in [-0.1, -0.05) is 23.5 Å². The molecule has 4 aromatic rings. The Morgan fingerprint density at radius 3 is 2.64 bits per heavy atom. The second-order valence-electron chi connectivity index (χ2n) is 10.7. The SMILES string of the molecule is CC(C)(C)OC(=O)ON1CC2CN(Cc3c[nH]c4cc(Oc5nc6ccccc6s5)ccc34)CC2C1. The van der Waals surface area contributed by atoms with Gasteiger partial charge in [-0.05, 0) is 62.4 Å². The Bertz CT molecular complexity index is 1360. The van der Waals surface area contributed by atoms with Gasteiger partial charge in [0, 0.05) is 55.9 Å². The van der Waals surface area contributed by atoms with Crippen molar-refractivity contribution in [2.45, 2.75) is 32.9 Å². The van der Waals surface area contributed by atoms with E-state index in [-0.39, 0.29) is 0 Å². The topological polar surface area (TPSA) is 79.9 Å². The third-order valence-electron chi connectivity index (χ3n) is 6.73. The third-order valence-corrected chi connectivity index (χ3v) is 7.65. The average Bonchev–Trinajstić information content (AvgIpc) is 3.55. The van der Waals surface area contributed by atoms with Crippen LogP contribution in [0.15, 0.2) is 48.7 Å². The Morgan fingerprint density at radius 1 is 1.11 bits per heavy atom. The molecule has 4 heterocycles. The van der Waals surface area contributed by atoms with Crippen LogP contribution in [-0.4, -0.2) is 57.9 Å². The molecule has 6 rings (SSSR count). The number of rotatable bonds is 5. The lowest BCUT2D eigenvalue weighted by Gasteiger charge is -2.23. The van der Waals surface area contributed by atoms with Gasteiger partial charge >= 0.3 is 6.16 Å². The summed E-state index contributed by atoms with van der Waals surface area (Å²) >= 11 is 1.55. The lowest BCUT2D eigenvalue weighted by molar-refractivity contribution is -0.134. The highest BCUT2D eigenvalue weighted by Crippen LogP contribution is 2.35. The van der Waals surface area contributed by atoms with E-state index >= 15 is 0 Å². The molecule has 2 aromatic carbocycles. The normalized spacial score (nSPS) is 20.8. The Labute approximate surface area is 213 Å². The molecule has 0 radical (unpaired) electrons. The summed E-state index contributed by atoms with van der Waals surface area (Å²) < 4.78 is 12.5. The number of carbonyl (C=O) groups is 1. The van der Waals surface area contributed by atoms with Crippen LogP contribution in [0, 0.1) is 11.8 Å². The number of hydrogen-bond acceptors (Lipinski definition) is 8. The van der Waals surface area contributed by atoms with Crippen molar-refractivity contribution < 1.29 is 19.1 Å². The highest BCUT2D eigenvalue weighted by Gasteiger charge is 2.42. The Hall–Kier alpha value is -3.14. The molecule has 2 aliphatic heterocycles. The molecule has 0 spiro atoms. The van der Waals surface area contributed by atoms with Gasteiger partial charge in [-0.25, -0.2) is 9.78 Å². The van der Waals surface area contributed by atoms with Crippen LogP contribution in [-0.2, 0) is 16.1 Å². The van der Waals surface area contributed by atoms with Crippen LogP contribution in [0.3, 0.4) is 0 Å². The molecule has 2 unspecified atom stereocenters. The third kappa shape index (κ3) is 4.91. The van der Waals surface area contributed by atoms with Crippen molar-refractivity contribution in [2.75, 3.05) is 26.2 Å². The molecule has 9 heteroatoms. The van der Waals surface area contributed by atoms with Crippen molar-refractivity contribution in [2.24, 2.45) is 11.8 Å². The van der Waals surface area contributed by atoms with E-state index in [4.69, 9.17) is 14.3 Å². The lowest BCUT2D eigenvalue weighted by atomic mass is 10.0. The first kappa shape index (κ1) is 23.3. The molecular weight excluding hydrogens is 476 g/mol. The van der Waals surface area contributed by atoms with E-state index in [0.717, 1.165) is 54.2 Å². The fraction of sp³-hybridized carbons (Fsp3) is 0.407. The van der Waals surface area contributed by atoms with Crippen molar-refractivity contribution in [3.8, 4) is 10.9 Å². The van der Waals surface area contributed by atoms with Crippen molar-refractivity contribution in [1.29, 1.82) is 0 Å². The molecule has 2 saturated heterocycles. The molecule has 1 N–H and O–H groups in total. The number of likely N-dealkylation sites (tertiary alicyclic amines) is 1. The zero-order valence-electron chi connectivity index (χ0n) is 20.7. The fourth-order valence-electron chi connectivity index (χ4n) is 5.22. The van der Waals surface area contributed by atoms with Crippen molar-refractivity contribution >= 4 is 38.6 Å². The highest BCUT2D eigenvalue weighted by atomic mass is 32.1. The first-order valence-electron chi connectivity index (χ1n) is 12.3. The zero-order chi connectivity index (χ0) is 24.9. The molecule has 8 nitrogen and oxygen atoms in total. The molecule has 2 aromatic heterocycles. The van der Waals surface area contributed by atoms with Gasteiger partial charge in [-0.2, -0.15) is 0 Å². The number of thiazole rings is 1. The molecule has 2 aliphatic rings. The van der Waals surface area contributed by atoms with Gasteiger partial charge in [-0.15, -0.1) is 5.06 Å². The van der Waals surface area contributed by atoms with Gasteiger partial charge in [0.15, 0.2) is 0 Å². The average molecular weight is 507 g/mol. The van der Waals surface area contributed by atoms with Gasteiger partial charge in [0.1, 0.15) is 11.4 Å². The first-order valence-corrected chi connectivity index (χ1v) is 13.1. The summed E-state index contributed by atoms with van der Waals surface area (Å²) in [4.78, 5) is 27.9. The number of carbonyl (C=O) groups excluding carboxylic acids is 1. The number of nitrogens with one attached hydrogen (secondary N) is 1. The van der Waals surface area contributed by atoms with Crippen LogP contribution in [0.1, 0.15) is 26.3 Å². The van der Waals surface area contributed by atoms with Gasteiger partial charge < -0.3 is 19.3 Å². The van der Waals surface area contributed by atoms with E-state index in [1.165, 1.54) is 10.9 Å². The molecule has 2 atom stereocenters. The number of fused-ring (bicyclic) bond motifs is 3. The Morgan fingerprint density at radius 2 is 1.89 bits per heavy atom. The van der Waals surface area contributed by atoms with E-state index in [0.29, 0.717) is 17.0 Å². The summed E-state index contributed by atoms with van der Waals surface area (Å²) in [5.41, 5.74) is 2.74. The number of benzene rings is 2. The molecule has 36 heavy (non-hydrogen) atoms. The number of hydrogen-bond donors (Lipinski definition) is 1. The van der Waals surface area contributed by atoms with Gasteiger partial charge in [0.2, 0.25) is 0 Å². The zero-order valence-corrected chi connectivity index (χ0v) is 21.5. The Kier molecular flexibility index (Phi) is 5.86. The number of hydroxylamine groups is 2. The maximum Gasteiger partial charge on any atom is 0.528 e. The number of aromatic amines is 1. The number of nitrogens with zero attached hydrogens (tertiary/aromatic N) is 3. The van der Waals surface area contributed by atoms with E-state index < -0.39 is 11.8 Å². The maximum atomic E-state index is 12.0. The molecule has 0 bridgehead atoms. The quantitative estimate of drug-likeness (QED) is 0.343. The second-order valence-corrected chi connectivity index (χ2v) is 11.7. The maximum absolute atomic E-state index is 12.0. The van der Waals surface area contributed by atoms with E-state index in [2.05, 4.69) is 33.2 Å². The second kappa shape index (κ2) is 9.06. The predicted molar refractivity (Wildman–Crippen MR) is 139 cm³/mol. The van der Waals surface area contributed by atoms with Gasteiger partial charge in [-0.3, -0.25) is 4.90 Å². The molecule has 0 saturated carbocycles. The van der Waals surface area contributed by atoms with Gasteiger partial charge in [0.25, 0.3) is 5.19 Å². The number of aromatic nitrogens is 2. The molecule has 2 fully saturated rings. The van der Waals surface area contributed by atoms with Crippen molar-refractivity contribution in [3.63, 3.8) is 0 Å². The monoisotopic (exact) mass is 506 g/mol. The van der Waals surface area contributed by atoms with Crippen LogP contribution < -0.4 is 4.74 Å². The Balaban J connectivity index is 1.06. The van der Waals surface area contributed by atoms with Crippen LogP contribution in [0.4, 0.5) is 4.79 Å². The summed E-state index contributed by atoms with van der Waals surface area (Å²) in [6.45, 7) is 9.89. The molecule has 188 valence electrons. The standard InChI is InChI=1S/C27H30N4O4S/c1-27(2,3)34-26(32)35-31-15-18-13-30(14-19(18)16-31)12-17-11-28-23-10-20(8-9-21(17)23)33-25-29-22-6-4-5-7-24(22)36-25/h4-11,18-19,28H,12-16H2,1-3H3. The summed E-state index contributed by atoms with van der Waals surface area (Å²) in [5.74, 6) is 1.76. The minimum Gasteiger partial charge on any atom is -0.431 e. The summed E-state index contributed by atoms with van der Waals surface area (Å²) in [6.07, 6.45) is 1.47. The molecular formula is C27H30N4O4S. The summed E-state index contributed by atoms with van der Waals surface area (Å²) in [5, 5.41) is 3.62. The van der Waals surface area contributed by atoms with Crippen molar-refractivity contribution in [1.82, 2.24) is 19.9 Å². The summed E-state index contributed by atoms with van der Waals surface area (Å²) in [6, 6.07) is 14.2. The van der Waals surface area contributed by atoms with Crippen LogP contribution in [0.25, 0.3) is 21.1 Å². The lowest BCUT2D eigenvalue weighted by Crippen LogP contribution is -2.33. The fourth-order valence-corrected chi connectivity index (χ4v) is 6.06. The number of para-hydroxylation sites is 1. The smallest absolute Gasteiger partial charge is 0.431 e. The molecule has 0 aliphatic carbocycles. The highest BCUT2D eigenvalue weighted by molar-refractivity contribution is 7.20. The minimum absolute atomic E-state index is 0.492. The van der Waals surface area contributed by atoms with Crippen LogP contribution in [0.2, 0.25) is 0 Å². The minimum atomic E-state index is -0.621. The van der Waals surface area contributed by atoms with E-state index in [9.17, 15) is 4.79 Å². The number of H-pyrrole nitrogens is 1. The van der Waals surface area contributed by atoms with Crippen LogP contribution in [0.5, 0.6) is 10.9 Å². The largest absolute Gasteiger partial charge is 0.528 e. The molecule has 0 amide bonds. The van der Waals surface area contributed by atoms with Crippen molar-refractivity contribution in [3.05, 3.63) is 54.2 Å². The predicted octanol–water partition coefficient (Wildman–Crippen LogP) is 5.80. The number of ether oxygens (including phenoxy) is 2. The van der Waals surface area contributed by atoms with E-state index in [1.54, 1.807) is 16.4 Å². The summed E-state index contributed by atoms with van der Waals surface area (Å²) in [7, 11) is 0.